The van der Waals surface area contributed by atoms with Crippen molar-refractivity contribution in [3.8, 4) is 11.5 Å². The highest BCUT2D eigenvalue weighted by atomic mass is 32.2. The van der Waals surface area contributed by atoms with Gasteiger partial charge in [-0.05, 0) is 82.4 Å². The van der Waals surface area contributed by atoms with E-state index in [4.69, 9.17) is 14.2 Å². The summed E-state index contributed by atoms with van der Waals surface area (Å²) in [6.07, 6.45) is 2.99. The summed E-state index contributed by atoms with van der Waals surface area (Å²) < 4.78 is 90.8. The number of carbonyl (C=O) groups is 4. The van der Waals surface area contributed by atoms with Crippen molar-refractivity contribution in [1.82, 2.24) is 25.2 Å². The highest BCUT2D eigenvalue weighted by Crippen LogP contribution is 2.50. The number of hydrogen-bond acceptors (Lipinski definition) is 10. The van der Waals surface area contributed by atoms with E-state index in [0.717, 1.165) is 25.9 Å². The van der Waals surface area contributed by atoms with Crippen molar-refractivity contribution in [2.45, 2.75) is 144 Å². The Kier molecular flexibility index (Phi) is 12.4. The van der Waals surface area contributed by atoms with Crippen LogP contribution in [0.2, 0.25) is 0 Å². The highest BCUT2D eigenvalue weighted by molar-refractivity contribution is 7.91. The number of hydrogen-bond donors (Lipinski definition) is 4. The number of sulfonamides is 1. The number of ether oxygens (including phenoxy) is 3. The number of likely N-dealkylation sites (tertiary alicyclic amines) is 1. The molecule has 5 unspecified atom stereocenters. The third-order valence-corrected chi connectivity index (χ3v) is 16.1. The van der Waals surface area contributed by atoms with Crippen molar-refractivity contribution in [3.63, 3.8) is 0 Å². The number of quaternary nitrogens is 1. The van der Waals surface area contributed by atoms with E-state index in [1.54, 1.807) is 25.1 Å². The number of nitrogens with zero attached hydrogens (tertiary/aromatic N) is 2. The van der Waals surface area contributed by atoms with Crippen LogP contribution in [-0.2, 0) is 41.7 Å². The number of aryl methyl sites for hydroxylation is 1. The molecule has 0 bridgehead atoms. The molecule has 0 radical (unpaired) electrons. The van der Waals surface area contributed by atoms with E-state index >= 15 is 0 Å². The number of allylic oxidation sites excluding steroid dienone is 1. The fourth-order valence-electron chi connectivity index (χ4n) is 9.60. The number of benzene rings is 1. The molecule has 6 aliphatic rings. The van der Waals surface area contributed by atoms with Gasteiger partial charge in [-0.25, -0.2) is 18.2 Å². The first-order chi connectivity index (χ1) is 30.2. The first-order valence-electron chi connectivity index (χ1n) is 22.7. The molecule has 1 aromatic carbocycles. The fraction of sp³-hybridized carbons (Fsp3) is 0.667. The maximum absolute atomic E-state index is 15.0. The van der Waals surface area contributed by atoms with Crippen molar-refractivity contribution < 1.29 is 59.9 Å². The molecule has 5 heterocycles. The minimum Gasteiger partial charge on any atom is -0.490 e. The standard InChI is InChI=1S/C45H59F3N6O9S/c1-27(2)25-61-41(58)50-34-11-9-7-5-6-8-10-28-23-44(28,40(57)52-64(59,60)42(3)18-19-42)51-38(55)35-24-43(26-54(35)39(34)56)17-14-31-32-22-30(62-29-15-20-53(4)21-16-29)12-13-33(32)49-37(36(31)63-43)45(46,47)48/h8,10,12-13,22,27-29,34-35H,5-7,9,11,14-21,23-26H2,1-4H3,(H,50,58)(H,51,55)(H,52,57)/p+1. The number of alkyl carbamates (subject to hydrolysis) is 1. The normalized spacial score (nSPS) is 30.5. The summed E-state index contributed by atoms with van der Waals surface area (Å²) in [5.74, 6) is -2.91. The predicted octanol–water partition coefficient (Wildman–Crippen LogP) is 4.12. The summed E-state index contributed by atoms with van der Waals surface area (Å²) in [4.78, 5) is 63.4. The Hall–Kier alpha value is -4.65. The number of aromatic nitrogens is 1. The molecular formula is C45H60F3N6O9S+. The number of fused-ring (bicyclic) bond motifs is 5. The largest absolute Gasteiger partial charge is 0.490 e. The maximum atomic E-state index is 15.0. The number of rotatable bonds is 8. The van der Waals surface area contributed by atoms with E-state index < -0.39 is 85.3 Å². The van der Waals surface area contributed by atoms with E-state index in [2.05, 4.69) is 27.4 Å². The zero-order chi connectivity index (χ0) is 45.8. The minimum atomic E-state index is -4.93. The summed E-state index contributed by atoms with van der Waals surface area (Å²) in [5.41, 5.74) is -4.03. The summed E-state index contributed by atoms with van der Waals surface area (Å²) in [6, 6.07) is 2.29. The smallest absolute Gasteiger partial charge is 0.437 e. The topological polar surface area (TPSA) is 187 Å². The third-order valence-electron chi connectivity index (χ3n) is 14.0. The van der Waals surface area contributed by atoms with Gasteiger partial charge in [0.05, 0.1) is 43.6 Å². The van der Waals surface area contributed by atoms with Crippen molar-refractivity contribution in [2.75, 3.05) is 33.3 Å². The molecule has 19 heteroatoms. The first-order valence-corrected chi connectivity index (χ1v) is 24.2. The van der Waals surface area contributed by atoms with Gasteiger partial charge in [-0.2, -0.15) is 13.2 Å². The molecule has 350 valence electrons. The van der Waals surface area contributed by atoms with Crippen LogP contribution in [0.4, 0.5) is 18.0 Å². The number of halogens is 3. The lowest BCUT2D eigenvalue weighted by atomic mass is 9.87. The summed E-state index contributed by atoms with van der Waals surface area (Å²) in [5, 5.41) is 5.94. The Morgan fingerprint density at radius 2 is 1.83 bits per heavy atom. The van der Waals surface area contributed by atoms with Gasteiger partial charge in [-0.1, -0.05) is 38.8 Å². The summed E-state index contributed by atoms with van der Waals surface area (Å²) in [7, 11) is -1.98. The average molecular weight is 918 g/mol. The lowest BCUT2D eigenvalue weighted by Crippen LogP contribution is -3.10. The molecule has 64 heavy (non-hydrogen) atoms. The van der Waals surface area contributed by atoms with Gasteiger partial charge in [0.25, 0.3) is 5.91 Å². The number of nitrogens with one attached hydrogen (secondary N) is 4. The summed E-state index contributed by atoms with van der Waals surface area (Å²) in [6.45, 7) is 6.89. The Morgan fingerprint density at radius 1 is 1.08 bits per heavy atom. The molecule has 15 nitrogen and oxygen atoms in total. The van der Waals surface area contributed by atoms with Gasteiger partial charge in [-0.15, -0.1) is 0 Å². The molecule has 8 rings (SSSR count). The van der Waals surface area contributed by atoms with Crippen LogP contribution in [0.1, 0.15) is 109 Å². The van der Waals surface area contributed by atoms with Gasteiger partial charge < -0.3 is 34.6 Å². The van der Waals surface area contributed by atoms with Crippen LogP contribution < -0.4 is 29.7 Å². The lowest BCUT2D eigenvalue weighted by Gasteiger charge is -2.37. The lowest BCUT2D eigenvalue weighted by molar-refractivity contribution is -0.885. The second-order valence-corrected chi connectivity index (χ2v) is 21.8. The van der Waals surface area contributed by atoms with Crippen molar-refractivity contribution in [2.24, 2.45) is 11.8 Å². The van der Waals surface area contributed by atoms with Gasteiger partial charge >= 0.3 is 12.3 Å². The number of pyridine rings is 1. The van der Waals surface area contributed by atoms with Crippen LogP contribution in [0, 0.1) is 11.8 Å². The number of amides is 4. The Bertz CT molecular complexity index is 2310. The van der Waals surface area contributed by atoms with Crippen LogP contribution in [-0.4, -0.2) is 109 Å². The number of carbonyl (C=O) groups excluding carboxylic acids is 4. The highest BCUT2D eigenvalue weighted by Gasteiger charge is 2.64. The van der Waals surface area contributed by atoms with Crippen LogP contribution in [0.25, 0.3) is 10.9 Å². The van der Waals surface area contributed by atoms with E-state index in [-0.39, 0.29) is 68.4 Å². The zero-order valence-corrected chi connectivity index (χ0v) is 37.7. The van der Waals surface area contributed by atoms with E-state index in [1.807, 2.05) is 19.9 Å². The minimum absolute atomic E-state index is 0.00507. The van der Waals surface area contributed by atoms with E-state index in [0.29, 0.717) is 49.7 Å². The molecule has 2 saturated carbocycles. The van der Waals surface area contributed by atoms with Gasteiger partial charge in [0.15, 0.2) is 11.4 Å². The maximum Gasteiger partial charge on any atom is 0.437 e. The molecule has 4 fully saturated rings. The molecule has 1 spiro atoms. The second-order valence-electron chi connectivity index (χ2n) is 19.6. The van der Waals surface area contributed by atoms with Gasteiger partial charge in [0.1, 0.15) is 35.1 Å². The molecule has 1 aromatic heterocycles. The average Bonchev–Trinajstić information content (AvgIpc) is 4.13. The van der Waals surface area contributed by atoms with Crippen molar-refractivity contribution >= 4 is 44.7 Å². The van der Waals surface area contributed by atoms with Crippen LogP contribution in [0.15, 0.2) is 30.4 Å². The van der Waals surface area contributed by atoms with E-state index in [9.17, 15) is 40.8 Å². The first kappa shape index (κ1) is 45.9. The Balaban J connectivity index is 1.14. The predicted molar refractivity (Wildman–Crippen MR) is 228 cm³/mol. The Labute approximate surface area is 371 Å². The van der Waals surface area contributed by atoms with Crippen molar-refractivity contribution in [3.05, 3.63) is 41.6 Å². The van der Waals surface area contributed by atoms with E-state index in [1.165, 1.54) is 15.9 Å². The molecule has 5 atom stereocenters. The molecule has 4 aliphatic heterocycles. The third kappa shape index (κ3) is 9.38. The fourth-order valence-corrected chi connectivity index (χ4v) is 10.9. The van der Waals surface area contributed by atoms with Crippen LogP contribution >= 0.6 is 0 Å². The molecule has 4 amide bonds. The number of alkyl halides is 3. The van der Waals surface area contributed by atoms with Gasteiger partial charge in [0, 0.05) is 36.1 Å². The summed E-state index contributed by atoms with van der Waals surface area (Å²) >= 11 is 0. The SMILES string of the molecule is CC(C)COC(=O)NC1CCCCCC=CC2CC2(C(=O)NS(=O)(=O)C2(C)CC2)NC(=O)C2CC3(CCc4c(c(C(F)(F)F)nc5ccc(OC6CC[NH+](C)CC6)cc45)O3)CN2C1=O. The van der Waals surface area contributed by atoms with Crippen molar-refractivity contribution in [1.29, 1.82) is 0 Å². The molecule has 2 aromatic rings. The number of piperidine rings is 1. The monoisotopic (exact) mass is 917 g/mol. The Morgan fingerprint density at radius 3 is 2.53 bits per heavy atom. The zero-order valence-electron chi connectivity index (χ0n) is 36.9. The molecular weight excluding hydrogens is 858 g/mol. The molecule has 2 aliphatic carbocycles. The van der Waals surface area contributed by atoms with Crippen LogP contribution in [0.5, 0.6) is 11.5 Å². The van der Waals surface area contributed by atoms with Gasteiger partial charge in [-0.3, -0.25) is 19.1 Å². The quantitative estimate of drug-likeness (QED) is 0.281. The van der Waals surface area contributed by atoms with Crippen LogP contribution in [0.3, 0.4) is 0 Å². The second kappa shape index (κ2) is 17.3. The van der Waals surface area contributed by atoms with Gasteiger partial charge in [0.2, 0.25) is 21.8 Å². The molecule has 4 N–H and O–H groups in total. The molecule has 2 saturated heterocycles.